The van der Waals surface area contributed by atoms with Crippen molar-refractivity contribution in [2.75, 3.05) is 24.5 Å². The van der Waals surface area contributed by atoms with Gasteiger partial charge in [0.1, 0.15) is 0 Å². The Labute approximate surface area is 178 Å². The molecule has 1 atom stereocenters. The van der Waals surface area contributed by atoms with Crippen LogP contribution in [-0.2, 0) is 0 Å². The molecule has 1 saturated heterocycles. The van der Waals surface area contributed by atoms with Gasteiger partial charge in [-0.1, -0.05) is 44.2 Å². The van der Waals surface area contributed by atoms with E-state index in [0.717, 1.165) is 50.1 Å². The summed E-state index contributed by atoms with van der Waals surface area (Å²) >= 11 is 1.81. The van der Waals surface area contributed by atoms with E-state index in [1.54, 1.807) is 11.8 Å². The first kappa shape index (κ1) is 20.3. The predicted molar refractivity (Wildman–Crippen MR) is 121 cm³/mol. The van der Waals surface area contributed by atoms with E-state index in [-0.39, 0.29) is 5.91 Å². The Hall–Kier alpha value is -1.98. The number of amides is 1. The zero-order valence-electron chi connectivity index (χ0n) is 17.5. The molecule has 0 spiro atoms. The van der Waals surface area contributed by atoms with E-state index in [4.69, 9.17) is 0 Å². The molecule has 0 bridgehead atoms. The molecular formula is C24H31N3OS. The van der Waals surface area contributed by atoms with Gasteiger partial charge in [0.2, 0.25) is 0 Å². The Balaban J connectivity index is 1.72. The third-order valence-electron chi connectivity index (χ3n) is 5.87. The topological polar surface area (TPSA) is 35.6 Å². The standard InChI is InChI=1S/C24H31N3OS/c1-3-5-14-25-24(28)18-12-13-22-20(17-18)27(19-10-6-7-11-21(19)29-22)23(4-2)26-15-8-9-16-26/h6-7,10-13,17,23H,3-5,8-9,14-16H2,1-2H3,(H,25,28). The molecule has 29 heavy (non-hydrogen) atoms. The van der Waals surface area contributed by atoms with Crippen LogP contribution in [0.15, 0.2) is 52.3 Å². The molecule has 0 aromatic heterocycles. The summed E-state index contributed by atoms with van der Waals surface area (Å²) < 4.78 is 0. The van der Waals surface area contributed by atoms with Crippen LogP contribution in [0.4, 0.5) is 11.4 Å². The summed E-state index contributed by atoms with van der Waals surface area (Å²) in [4.78, 5) is 20.3. The lowest BCUT2D eigenvalue weighted by Gasteiger charge is -2.42. The summed E-state index contributed by atoms with van der Waals surface area (Å²) in [6.07, 6.45) is 6.00. The first-order chi connectivity index (χ1) is 14.2. The lowest BCUT2D eigenvalue weighted by atomic mass is 10.1. The number of anilines is 2. The zero-order chi connectivity index (χ0) is 20.2. The highest BCUT2D eigenvalue weighted by atomic mass is 32.2. The van der Waals surface area contributed by atoms with Crippen molar-refractivity contribution in [3.8, 4) is 0 Å². The zero-order valence-corrected chi connectivity index (χ0v) is 18.3. The summed E-state index contributed by atoms with van der Waals surface area (Å²) in [7, 11) is 0. The number of para-hydroxylation sites is 1. The quantitative estimate of drug-likeness (QED) is 0.599. The van der Waals surface area contributed by atoms with Gasteiger partial charge in [-0.05, 0) is 56.0 Å². The van der Waals surface area contributed by atoms with Gasteiger partial charge in [-0.3, -0.25) is 9.69 Å². The molecule has 5 heteroatoms. The minimum atomic E-state index is 0.0271. The largest absolute Gasteiger partial charge is 0.352 e. The number of nitrogens with one attached hydrogen (secondary N) is 1. The Morgan fingerprint density at radius 3 is 2.59 bits per heavy atom. The van der Waals surface area contributed by atoms with Crippen LogP contribution in [0, 0.1) is 0 Å². The smallest absolute Gasteiger partial charge is 0.251 e. The number of unbranched alkanes of at least 4 members (excludes halogenated alkanes) is 1. The highest BCUT2D eigenvalue weighted by Crippen LogP contribution is 2.50. The summed E-state index contributed by atoms with van der Waals surface area (Å²) in [5, 5.41) is 3.06. The molecule has 1 fully saturated rings. The molecular weight excluding hydrogens is 378 g/mol. The predicted octanol–water partition coefficient (Wildman–Crippen LogP) is 5.65. The number of fused-ring (bicyclic) bond motifs is 2. The van der Waals surface area contributed by atoms with Crippen molar-refractivity contribution in [1.82, 2.24) is 10.2 Å². The van der Waals surface area contributed by atoms with Crippen molar-refractivity contribution in [1.29, 1.82) is 0 Å². The van der Waals surface area contributed by atoms with E-state index in [2.05, 4.69) is 65.4 Å². The average Bonchev–Trinajstić information content (AvgIpc) is 3.28. The highest BCUT2D eigenvalue weighted by Gasteiger charge is 2.33. The fourth-order valence-electron chi connectivity index (χ4n) is 4.37. The van der Waals surface area contributed by atoms with E-state index in [1.165, 1.54) is 28.3 Å². The Morgan fingerprint density at radius 1 is 1.07 bits per heavy atom. The van der Waals surface area contributed by atoms with Crippen molar-refractivity contribution >= 4 is 29.0 Å². The second-order valence-electron chi connectivity index (χ2n) is 7.86. The van der Waals surface area contributed by atoms with Gasteiger partial charge in [-0.2, -0.15) is 0 Å². The number of rotatable bonds is 7. The summed E-state index contributed by atoms with van der Waals surface area (Å²) in [5.41, 5.74) is 3.17. The molecule has 1 N–H and O–H groups in total. The van der Waals surface area contributed by atoms with E-state index in [9.17, 15) is 4.79 Å². The molecule has 4 nitrogen and oxygen atoms in total. The number of hydrogen-bond donors (Lipinski definition) is 1. The van der Waals surface area contributed by atoms with Gasteiger partial charge >= 0.3 is 0 Å². The van der Waals surface area contributed by atoms with Crippen LogP contribution in [0.5, 0.6) is 0 Å². The van der Waals surface area contributed by atoms with Gasteiger partial charge in [0.15, 0.2) is 0 Å². The first-order valence-corrected chi connectivity index (χ1v) is 11.8. The SMILES string of the molecule is CCCCNC(=O)c1ccc2c(c1)N(C(CC)N1CCCC1)c1ccccc1S2. The highest BCUT2D eigenvalue weighted by molar-refractivity contribution is 7.99. The van der Waals surface area contributed by atoms with E-state index in [0.29, 0.717) is 6.17 Å². The Bertz CT molecular complexity index is 863. The molecule has 1 unspecified atom stereocenters. The molecule has 1 amide bonds. The lowest BCUT2D eigenvalue weighted by Crippen LogP contribution is -2.45. The maximum Gasteiger partial charge on any atom is 0.251 e. The number of hydrogen-bond acceptors (Lipinski definition) is 4. The average molecular weight is 410 g/mol. The van der Waals surface area contributed by atoms with Crippen molar-refractivity contribution in [3.63, 3.8) is 0 Å². The summed E-state index contributed by atoms with van der Waals surface area (Å²) in [6.45, 7) is 7.45. The van der Waals surface area contributed by atoms with Crippen molar-refractivity contribution in [2.24, 2.45) is 0 Å². The van der Waals surface area contributed by atoms with Gasteiger partial charge in [0, 0.05) is 35.0 Å². The van der Waals surface area contributed by atoms with Gasteiger partial charge in [0.25, 0.3) is 5.91 Å². The Kier molecular flexibility index (Phi) is 6.46. The van der Waals surface area contributed by atoms with Crippen LogP contribution in [-0.4, -0.2) is 36.6 Å². The molecule has 2 aliphatic rings. The van der Waals surface area contributed by atoms with Gasteiger partial charge < -0.3 is 10.2 Å². The molecule has 4 rings (SSSR count). The molecule has 0 saturated carbocycles. The van der Waals surface area contributed by atoms with Gasteiger partial charge in [-0.15, -0.1) is 0 Å². The maximum absolute atomic E-state index is 12.7. The first-order valence-electron chi connectivity index (χ1n) is 10.9. The normalized spacial score (nSPS) is 17.0. The monoisotopic (exact) mass is 409 g/mol. The Morgan fingerprint density at radius 2 is 1.83 bits per heavy atom. The van der Waals surface area contributed by atoms with Crippen LogP contribution in [0.3, 0.4) is 0 Å². The number of nitrogens with zero attached hydrogens (tertiary/aromatic N) is 2. The number of carbonyl (C=O) groups is 1. The van der Waals surface area contributed by atoms with Crippen LogP contribution in [0.2, 0.25) is 0 Å². The number of benzene rings is 2. The minimum absolute atomic E-state index is 0.0271. The second-order valence-corrected chi connectivity index (χ2v) is 8.95. The molecule has 2 heterocycles. The third kappa shape index (κ3) is 4.17. The second kappa shape index (κ2) is 9.23. The van der Waals surface area contributed by atoms with E-state index in [1.807, 2.05) is 6.07 Å². The summed E-state index contributed by atoms with van der Waals surface area (Å²) in [6, 6.07) is 14.8. The maximum atomic E-state index is 12.7. The van der Waals surface area contributed by atoms with Crippen LogP contribution < -0.4 is 10.2 Å². The van der Waals surface area contributed by atoms with Crippen LogP contribution >= 0.6 is 11.8 Å². The molecule has 2 aliphatic heterocycles. The molecule has 0 radical (unpaired) electrons. The van der Waals surface area contributed by atoms with Crippen LogP contribution in [0.1, 0.15) is 56.3 Å². The van der Waals surface area contributed by atoms with E-state index >= 15 is 0 Å². The van der Waals surface area contributed by atoms with Crippen molar-refractivity contribution in [3.05, 3.63) is 48.0 Å². The molecule has 2 aromatic rings. The van der Waals surface area contributed by atoms with E-state index < -0.39 is 0 Å². The number of carbonyl (C=O) groups excluding carboxylic acids is 1. The molecule has 154 valence electrons. The van der Waals surface area contributed by atoms with Gasteiger partial charge in [-0.25, -0.2) is 0 Å². The fourth-order valence-corrected chi connectivity index (χ4v) is 5.42. The lowest BCUT2D eigenvalue weighted by molar-refractivity contribution is 0.0953. The fraction of sp³-hybridized carbons (Fsp3) is 0.458. The molecule has 2 aromatic carbocycles. The summed E-state index contributed by atoms with van der Waals surface area (Å²) in [5.74, 6) is 0.0271. The number of likely N-dealkylation sites (tertiary alicyclic amines) is 1. The van der Waals surface area contributed by atoms with Crippen molar-refractivity contribution < 1.29 is 4.79 Å². The van der Waals surface area contributed by atoms with Gasteiger partial charge in [0.05, 0.1) is 17.5 Å². The molecule has 0 aliphatic carbocycles. The third-order valence-corrected chi connectivity index (χ3v) is 7.00. The van der Waals surface area contributed by atoms with Crippen LogP contribution in [0.25, 0.3) is 0 Å². The minimum Gasteiger partial charge on any atom is -0.352 e. The van der Waals surface area contributed by atoms with Crippen molar-refractivity contribution in [2.45, 2.75) is 61.9 Å².